The lowest BCUT2D eigenvalue weighted by molar-refractivity contribution is 0.786. The Morgan fingerprint density at radius 1 is 1.19 bits per heavy atom. The summed E-state index contributed by atoms with van der Waals surface area (Å²) in [7, 11) is 3.95. The first kappa shape index (κ1) is 10.4. The van der Waals surface area contributed by atoms with Gasteiger partial charge in [0.2, 0.25) is 0 Å². The minimum absolute atomic E-state index is 0.583. The maximum Gasteiger partial charge on any atom is 0.0930 e. The van der Waals surface area contributed by atoms with E-state index in [0.717, 1.165) is 11.0 Å². The Balaban J connectivity index is 2.08. The van der Waals surface area contributed by atoms with Crippen LogP contribution in [0.25, 0.3) is 11.0 Å². The molecule has 4 heteroatoms. The smallest absolute Gasteiger partial charge is 0.0930 e. The Kier molecular flexibility index (Phi) is 3.02. The van der Waals surface area contributed by atoms with Crippen LogP contribution < -0.4 is 0 Å². The number of fused-ring (bicyclic) bond motifs is 1. The van der Waals surface area contributed by atoms with E-state index in [9.17, 15) is 0 Å². The maximum atomic E-state index is 4.47. The van der Waals surface area contributed by atoms with Crippen LogP contribution in [-0.4, -0.2) is 15.7 Å². The number of hydrogen-bond donors (Lipinski definition) is 0. The number of nitrogens with zero attached hydrogens (tertiary/aromatic N) is 2. The SMILES string of the molecule is c1cc(C2CCCSS2)c2nccnc2c1. The fraction of sp³-hybridized carbons (Fsp3) is 0.333. The standard InChI is InChI=1S/C12H12N2S2/c1-3-9(11-5-2-8-15-16-11)12-10(4-1)13-6-7-14-12/h1,3-4,6-7,11H,2,5,8H2. The van der Waals surface area contributed by atoms with Crippen molar-refractivity contribution in [3.63, 3.8) is 0 Å². The van der Waals surface area contributed by atoms with Crippen molar-refractivity contribution >= 4 is 32.6 Å². The van der Waals surface area contributed by atoms with Crippen LogP contribution in [0.5, 0.6) is 0 Å². The molecule has 1 aliphatic heterocycles. The van der Waals surface area contributed by atoms with Crippen molar-refractivity contribution in [2.75, 3.05) is 5.75 Å². The van der Waals surface area contributed by atoms with Crippen LogP contribution in [0.15, 0.2) is 30.6 Å². The monoisotopic (exact) mass is 248 g/mol. The lowest BCUT2D eigenvalue weighted by Gasteiger charge is -2.21. The average Bonchev–Trinajstić information content (AvgIpc) is 2.39. The van der Waals surface area contributed by atoms with Gasteiger partial charge >= 0.3 is 0 Å². The summed E-state index contributed by atoms with van der Waals surface area (Å²) in [5.74, 6) is 1.28. The molecule has 1 aromatic carbocycles. The Morgan fingerprint density at radius 3 is 3.00 bits per heavy atom. The molecular weight excluding hydrogens is 236 g/mol. The van der Waals surface area contributed by atoms with E-state index in [1.54, 1.807) is 12.4 Å². The molecule has 1 aromatic heterocycles. The summed E-state index contributed by atoms with van der Waals surface area (Å²) in [6.07, 6.45) is 6.10. The van der Waals surface area contributed by atoms with Crippen LogP contribution in [0.4, 0.5) is 0 Å². The topological polar surface area (TPSA) is 25.8 Å². The van der Waals surface area contributed by atoms with Crippen LogP contribution in [0, 0.1) is 0 Å². The average molecular weight is 248 g/mol. The van der Waals surface area contributed by atoms with Crippen LogP contribution in [-0.2, 0) is 0 Å². The molecule has 3 rings (SSSR count). The Bertz CT molecular complexity index is 490. The molecule has 1 fully saturated rings. The summed E-state index contributed by atoms with van der Waals surface area (Å²) in [4.78, 5) is 8.83. The molecule has 1 aliphatic rings. The number of rotatable bonds is 1. The van der Waals surface area contributed by atoms with Gasteiger partial charge in [-0.15, -0.1) is 0 Å². The third-order valence-electron chi connectivity index (χ3n) is 2.75. The van der Waals surface area contributed by atoms with Gasteiger partial charge in [-0.05, 0) is 24.5 Å². The van der Waals surface area contributed by atoms with Crippen LogP contribution in [0.2, 0.25) is 0 Å². The number of hydrogen-bond acceptors (Lipinski definition) is 4. The van der Waals surface area contributed by atoms with Gasteiger partial charge in [-0.1, -0.05) is 33.7 Å². The lowest BCUT2D eigenvalue weighted by Crippen LogP contribution is -2.00. The zero-order chi connectivity index (χ0) is 10.8. The summed E-state index contributed by atoms with van der Waals surface area (Å²) in [5.41, 5.74) is 3.43. The number of para-hydroxylation sites is 1. The molecular formula is C12H12N2S2. The zero-order valence-corrected chi connectivity index (χ0v) is 10.4. The molecule has 1 saturated heterocycles. The van der Waals surface area contributed by atoms with Crippen LogP contribution in [0.1, 0.15) is 23.7 Å². The summed E-state index contributed by atoms with van der Waals surface area (Å²) in [6, 6.07) is 6.32. The highest BCUT2D eigenvalue weighted by atomic mass is 33.1. The first-order valence-corrected chi connectivity index (χ1v) is 7.81. The lowest BCUT2D eigenvalue weighted by atomic mass is 10.1. The summed E-state index contributed by atoms with van der Waals surface area (Å²) >= 11 is 0. The predicted molar refractivity (Wildman–Crippen MR) is 71.6 cm³/mol. The first-order valence-electron chi connectivity index (χ1n) is 5.43. The second kappa shape index (κ2) is 4.63. The van der Waals surface area contributed by atoms with E-state index in [-0.39, 0.29) is 0 Å². The maximum absolute atomic E-state index is 4.47. The molecule has 0 radical (unpaired) electrons. The van der Waals surface area contributed by atoms with E-state index in [4.69, 9.17) is 0 Å². The van der Waals surface area contributed by atoms with Gasteiger partial charge in [0.15, 0.2) is 0 Å². The minimum Gasteiger partial charge on any atom is -0.253 e. The van der Waals surface area contributed by atoms with Gasteiger partial charge in [0.1, 0.15) is 0 Å². The third kappa shape index (κ3) is 1.92. The largest absolute Gasteiger partial charge is 0.253 e. The van der Waals surface area contributed by atoms with Crippen molar-refractivity contribution < 1.29 is 0 Å². The van der Waals surface area contributed by atoms with E-state index < -0.39 is 0 Å². The highest BCUT2D eigenvalue weighted by Gasteiger charge is 2.19. The van der Waals surface area contributed by atoms with E-state index >= 15 is 0 Å². The minimum atomic E-state index is 0.583. The van der Waals surface area contributed by atoms with Crippen molar-refractivity contribution in [2.24, 2.45) is 0 Å². The molecule has 2 nitrogen and oxygen atoms in total. The van der Waals surface area contributed by atoms with E-state index in [1.807, 2.05) is 27.7 Å². The second-order valence-corrected chi connectivity index (χ2v) is 6.51. The number of aromatic nitrogens is 2. The Morgan fingerprint density at radius 2 is 2.12 bits per heavy atom. The molecule has 0 aliphatic carbocycles. The summed E-state index contributed by atoms with van der Waals surface area (Å²) < 4.78 is 0. The molecule has 0 saturated carbocycles. The molecule has 0 N–H and O–H groups in total. The third-order valence-corrected chi connectivity index (χ3v) is 5.67. The van der Waals surface area contributed by atoms with Gasteiger partial charge in [0.05, 0.1) is 11.0 Å². The molecule has 2 heterocycles. The molecule has 0 spiro atoms. The quantitative estimate of drug-likeness (QED) is 0.716. The second-order valence-electron chi connectivity index (χ2n) is 3.82. The molecule has 82 valence electrons. The van der Waals surface area contributed by atoms with Gasteiger partial charge in [0.25, 0.3) is 0 Å². The summed E-state index contributed by atoms with van der Waals surface area (Å²) in [5, 5.41) is 0.583. The van der Waals surface area contributed by atoms with Crippen molar-refractivity contribution in [3.8, 4) is 0 Å². The van der Waals surface area contributed by atoms with Gasteiger partial charge < -0.3 is 0 Å². The fourth-order valence-corrected chi connectivity index (χ4v) is 4.82. The van der Waals surface area contributed by atoms with Crippen molar-refractivity contribution in [3.05, 3.63) is 36.2 Å². The molecule has 1 atom stereocenters. The van der Waals surface area contributed by atoms with Gasteiger partial charge in [-0.3, -0.25) is 9.97 Å². The highest BCUT2D eigenvalue weighted by molar-refractivity contribution is 8.76. The predicted octanol–water partition coefficient (Wildman–Crippen LogP) is 3.85. The van der Waals surface area contributed by atoms with E-state index in [1.165, 1.54) is 24.2 Å². The van der Waals surface area contributed by atoms with Gasteiger partial charge in [-0.25, -0.2) is 0 Å². The molecule has 2 aromatic rings. The molecule has 16 heavy (non-hydrogen) atoms. The van der Waals surface area contributed by atoms with Crippen LogP contribution in [0.3, 0.4) is 0 Å². The fourth-order valence-electron chi connectivity index (χ4n) is 1.99. The summed E-state index contributed by atoms with van der Waals surface area (Å²) in [6.45, 7) is 0. The molecule has 0 amide bonds. The van der Waals surface area contributed by atoms with Crippen molar-refractivity contribution in [2.45, 2.75) is 18.1 Å². The van der Waals surface area contributed by atoms with Gasteiger partial charge in [-0.2, -0.15) is 0 Å². The zero-order valence-electron chi connectivity index (χ0n) is 8.80. The van der Waals surface area contributed by atoms with Crippen LogP contribution >= 0.6 is 21.6 Å². The molecule has 0 bridgehead atoms. The Hall–Kier alpha value is -0.740. The van der Waals surface area contributed by atoms with E-state index in [2.05, 4.69) is 22.1 Å². The Labute approximate surface area is 103 Å². The van der Waals surface area contributed by atoms with Crippen molar-refractivity contribution in [1.29, 1.82) is 0 Å². The first-order chi connectivity index (χ1) is 7.95. The van der Waals surface area contributed by atoms with E-state index in [0.29, 0.717) is 5.25 Å². The number of benzene rings is 1. The van der Waals surface area contributed by atoms with Gasteiger partial charge in [0, 0.05) is 23.4 Å². The normalized spacial score (nSPS) is 21.1. The van der Waals surface area contributed by atoms with Crippen molar-refractivity contribution in [1.82, 2.24) is 9.97 Å². The molecule has 1 unspecified atom stereocenters. The highest BCUT2D eigenvalue weighted by Crippen LogP contribution is 2.46.